The Morgan fingerprint density at radius 1 is 1.12 bits per heavy atom. The number of H-pyrrole nitrogens is 1. The Labute approximate surface area is 162 Å². The first-order valence-corrected chi connectivity index (χ1v) is 9.58. The number of hydrogen-bond acceptors (Lipinski definition) is 2. The van der Waals surface area contributed by atoms with E-state index in [9.17, 15) is 9.59 Å². The van der Waals surface area contributed by atoms with Crippen LogP contribution in [-0.4, -0.2) is 16.9 Å². The van der Waals surface area contributed by atoms with Crippen LogP contribution in [0, 0.1) is 0 Å². The van der Waals surface area contributed by atoms with Gasteiger partial charge in [-0.1, -0.05) is 49.2 Å². The minimum Gasteiger partial charge on any atom is -0.353 e. The van der Waals surface area contributed by atoms with Gasteiger partial charge in [-0.2, -0.15) is 0 Å². The van der Waals surface area contributed by atoms with Crippen molar-refractivity contribution < 1.29 is 4.79 Å². The molecule has 2 atom stereocenters. The number of halogens is 2. The first-order valence-electron chi connectivity index (χ1n) is 8.82. The Hall–Kier alpha value is -1.78. The summed E-state index contributed by atoms with van der Waals surface area (Å²) in [6.07, 6.45) is 2.03. The van der Waals surface area contributed by atoms with Crippen LogP contribution in [0.15, 0.2) is 35.1 Å². The maximum Gasteiger partial charge on any atom is 0.266 e. The van der Waals surface area contributed by atoms with Gasteiger partial charge in [-0.05, 0) is 48.1 Å². The number of hydrogen-bond donors (Lipinski definition) is 2. The van der Waals surface area contributed by atoms with Gasteiger partial charge in [0.1, 0.15) is 5.02 Å². The van der Waals surface area contributed by atoms with Gasteiger partial charge in [0, 0.05) is 29.1 Å². The summed E-state index contributed by atoms with van der Waals surface area (Å²) < 4.78 is 0. The van der Waals surface area contributed by atoms with Crippen LogP contribution in [0.1, 0.15) is 61.8 Å². The lowest BCUT2D eigenvalue weighted by molar-refractivity contribution is -0.119. The SMILES string of the molecule is CC(C)c1ccc(C(C[C@H]2CCC(=O)N2)c2ccc(Cl)c(=O)[nH]2)cc1Cl. The minimum absolute atomic E-state index is 0.0755. The molecule has 0 saturated carbocycles. The zero-order chi connectivity index (χ0) is 18.8. The molecule has 2 aromatic rings. The Morgan fingerprint density at radius 2 is 1.88 bits per heavy atom. The van der Waals surface area contributed by atoms with Gasteiger partial charge in [0.2, 0.25) is 5.91 Å². The highest BCUT2D eigenvalue weighted by molar-refractivity contribution is 6.31. The van der Waals surface area contributed by atoms with Crippen LogP contribution in [0.25, 0.3) is 0 Å². The molecule has 6 heteroatoms. The third-order valence-corrected chi connectivity index (χ3v) is 5.54. The van der Waals surface area contributed by atoms with Gasteiger partial charge in [0.15, 0.2) is 0 Å². The van der Waals surface area contributed by atoms with E-state index in [1.54, 1.807) is 6.07 Å². The molecule has 2 N–H and O–H groups in total. The molecule has 26 heavy (non-hydrogen) atoms. The number of carbonyl (C=O) groups is 1. The maximum absolute atomic E-state index is 12.0. The van der Waals surface area contributed by atoms with Gasteiger partial charge < -0.3 is 10.3 Å². The van der Waals surface area contributed by atoms with Gasteiger partial charge in [-0.25, -0.2) is 0 Å². The van der Waals surface area contributed by atoms with Crippen LogP contribution >= 0.6 is 23.2 Å². The molecule has 138 valence electrons. The first-order chi connectivity index (χ1) is 12.3. The second kappa shape index (κ2) is 7.85. The number of rotatable bonds is 5. The molecule has 2 heterocycles. The molecule has 1 amide bonds. The largest absolute Gasteiger partial charge is 0.353 e. The molecule has 0 bridgehead atoms. The molecule has 1 fully saturated rings. The highest BCUT2D eigenvalue weighted by atomic mass is 35.5. The Bertz CT molecular complexity index is 876. The summed E-state index contributed by atoms with van der Waals surface area (Å²) in [5, 5.41) is 3.88. The van der Waals surface area contributed by atoms with E-state index in [2.05, 4.69) is 30.2 Å². The van der Waals surface area contributed by atoms with Crippen LogP contribution in [0.3, 0.4) is 0 Å². The lowest BCUT2D eigenvalue weighted by atomic mass is 9.87. The predicted molar refractivity (Wildman–Crippen MR) is 105 cm³/mol. The van der Waals surface area contributed by atoms with Crippen molar-refractivity contribution >= 4 is 29.1 Å². The van der Waals surface area contributed by atoms with Gasteiger partial charge in [-0.3, -0.25) is 9.59 Å². The fraction of sp³-hybridized carbons (Fsp3) is 0.400. The van der Waals surface area contributed by atoms with Crippen molar-refractivity contribution in [1.29, 1.82) is 0 Å². The zero-order valence-electron chi connectivity index (χ0n) is 14.8. The van der Waals surface area contributed by atoms with Crippen molar-refractivity contribution in [2.75, 3.05) is 0 Å². The minimum atomic E-state index is -0.311. The summed E-state index contributed by atoms with van der Waals surface area (Å²) in [6.45, 7) is 4.20. The average Bonchev–Trinajstić information content (AvgIpc) is 3.00. The van der Waals surface area contributed by atoms with Crippen LogP contribution in [0.2, 0.25) is 10.0 Å². The molecule has 1 aliphatic heterocycles. The number of aromatic amines is 1. The van der Waals surface area contributed by atoms with Crippen LogP contribution in [0.4, 0.5) is 0 Å². The number of aromatic nitrogens is 1. The Kier molecular flexibility index (Phi) is 5.73. The Balaban J connectivity index is 1.99. The van der Waals surface area contributed by atoms with Gasteiger partial charge in [0.05, 0.1) is 0 Å². The summed E-state index contributed by atoms with van der Waals surface area (Å²) in [7, 11) is 0. The van der Waals surface area contributed by atoms with Crippen molar-refractivity contribution in [1.82, 2.24) is 10.3 Å². The van der Waals surface area contributed by atoms with E-state index < -0.39 is 0 Å². The van der Waals surface area contributed by atoms with E-state index in [1.807, 2.05) is 18.2 Å². The molecule has 4 nitrogen and oxygen atoms in total. The van der Waals surface area contributed by atoms with Crippen molar-refractivity contribution in [3.8, 4) is 0 Å². The molecule has 0 aliphatic carbocycles. The number of benzene rings is 1. The van der Waals surface area contributed by atoms with E-state index in [0.29, 0.717) is 23.8 Å². The van der Waals surface area contributed by atoms with Gasteiger partial charge in [-0.15, -0.1) is 0 Å². The summed E-state index contributed by atoms with van der Waals surface area (Å²) in [6, 6.07) is 9.57. The fourth-order valence-corrected chi connectivity index (χ4v) is 4.00. The molecule has 1 aliphatic rings. The molecular weight excluding hydrogens is 371 g/mol. The van der Waals surface area contributed by atoms with Crippen LogP contribution in [-0.2, 0) is 4.79 Å². The maximum atomic E-state index is 12.0. The van der Waals surface area contributed by atoms with Gasteiger partial charge >= 0.3 is 0 Å². The van der Waals surface area contributed by atoms with E-state index in [-0.39, 0.29) is 28.4 Å². The highest BCUT2D eigenvalue weighted by Crippen LogP contribution is 2.34. The third-order valence-electron chi connectivity index (χ3n) is 4.91. The second-order valence-electron chi connectivity index (χ2n) is 7.12. The summed E-state index contributed by atoms with van der Waals surface area (Å²) >= 11 is 12.4. The lowest BCUT2D eigenvalue weighted by Crippen LogP contribution is -2.28. The lowest BCUT2D eigenvalue weighted by Gasteiger charge is -2.22. The summed E-state index contributed by atoms with van der Waals surface area (Å²) in [5.74, 6) is 0.327. The van der Waals surface area contributed by atoms with Crippen molar-refractivity contribution in [2.45, 2.75) is 51.0 Å². The van der Waals surface area contributed by atoms with Crippen molar-refractivity contribution in [3.63, 3.8) is 0 Å². The van der Waals surface area contributed by atoms with E-state index in [1.165, 1.54) is 0 Å². The van der Waals surface area contributed by atoms with Crippen LogP contribution < -0.4 is 10.9 Å². The Morgan fingerprint density at radius 3 is 2.46 bits per heavy atom. The molecule has 0 radical (unpaired) electrons. The summed E-state index contributed by atoms with van der Waals surface area (Å²) in [5.41, 5.74) is 2.56. The first kappa shape index (κ1) is 19.0. The number of carbonyl (C=O) groups excluding carboxylic acids is 1. The predicted octanol–water partition coefficient (Wildman–Crippen LogP) is 4.61. The second-order valence-corrected chi connectivity index (χ2v) is 7.93. The van der Waals surface area contributed by atoms with Crippen molar-refractivity contribution in [3.05, 3.63) is 67.6 Å². The number of amides is 1. The summed E-state index contributed by atoms with van der Waals surface area (Å²) in [4.78, 5) is 26.4. The molecule has 3 rings (SSSR count). The van der Waals surface area contributed by atoms with E-state index in [4.69, 9.17) is 23.2 Å². The molecule has 1 unspecified atom stereocenters. The fourth-order valence-electron chi connectivity index (χ4n) is 3.48. The average molecular weight is 393 g/mol. The monoisotopic (exact) mass is 392 g/mol. The molecule has 1 aromatic carbocycles. The molecule has 1 aromatic heterocycles. The normalized spacial score (nSPS) is 18.2. The molecule has 1 saturated heterocycles. The topological polar surface area (TPSA) is 62.0 Å². The molecular formula is C20H22Cl2N2O2. The smallest absolute Gasteiger partial charge is 0.266 e. The number of nitrogens with one attached hydrogen (secondary N) is 2. The van der Waals surface area contributed by atoms with Crippen molar-refractivity contribution in [2.24, 2.45) is 0 Å². The quantitative estimate of drug-likeness (QED) is 0.780. The third kappa shape index (κ3) is 4.13. The van der Waals surface area contributed by atoms with E-state index >= 15 is 0 Å². The standard InChI is InChI=1S/C20H22Cl2N2O2/c1-11(2)14-5-3-12(9-17(14)22)15(10-13-4-8-19(25)23-13)18-7-6-16(21)20(26)24-18/h3,5-7,9,11,13,15H,4,8,10H2,1-2H3,(H,23,25)(H,24,26)/t13-,15?/m1/s1. The van der Waals surface area contributed by atoms with Gasteiger partial charge in [0.25, 0.3) is 5.56 Å². The van der Waals surface area contributed by atoms with E-state index in [0.717, 1.165) is 23.2 Å². The van der Waals surface area contributed by atoms with Crippen LogP contribution in [0.5, 0.6) is 0 Å². The number of pyridine rings is 1. The highest BCUT2D eigenvalue weighted by Gasteiger charge is 2.27. The zero-order valence-corrected chi connectivity index (χ0v) is 16.3. The molecule has 0 spiro atoms.